The minimum absolute atomic E-state index is 0.858. The topological polar surface area (TPSA) is 62.2 Å². The number of aromatic nitrogens is 1. The van der Waals surface area contributed by atoms with Crippen LogP contribution in [0.3, 0.4) is 0 Å². The van der Waals surface area contributed by atoms with Gasteiger partial charge in [0.1, 0.15) is 11.5 Å². The molecule has 0 radical (unpaired) electrons. The number of hydrogen-bond acceptors (Lipinski definition) is 6. The lowest BCUT2D eigenvalue weighted by Crippen LogP contribution is -2.52. The Morgan fingerprint density at radius 3 is 2.61 bits per heavy atom. The van der Waals surface area contributed by atoms with Gasteiger partial charge < -0.3 is 19.7 Å². The zero-order valence-electron chi connectivity index (χ0n) is 19.2. The molecule has 2 heterocycles. The number of ether oxygens (including phenoxy) is 2. The van der Waals surface area contributed by atoms with Crippen molar-refractivity contribution in [1.82, 2.24) is 20.1 Å². The van der Waals surface area contributed by atoms with Crippen molar-refractivity contribution in [3.63, 3.8) is 0 Å². The van der Waals surface area contributed by atoms with Crippen LogP contribution in [0.25, 0.3) is 0 Å². The Morgan fingerprint density at radius 1 is 1.16 bits per heavy atom. The van der Waals surface area contributed by atoms with Gasteiger partial charge in [-0.2, -0.15) is 0 Å². The molecule has 2 aromatic rings. The van der Waals surface area contributed by atoms with E-state index in [1.807, 2.05) is 19.2 Å². The van der Waals surface area contributed by atoms with Crippen molar-refractivity contribution >= 4 is 17.3 Å². The number of guanidine groups is 1. The van der Waals surface area contributed by atoms with E-state index in [1.54, 1.807) is 25.6 Å². The predicted octanol–water partition coefficient (Wildman–Crippen LogP) is 3.18. The highest BCUT2D eigenvalue weighted by Crippen LogP contribution is 2.25. The number of methoxy groups -OCH3 is 2. The smallest absolute Gasteiger partial charge is 0.193 e. The quantitative estimate of drug-likeness (QED) is 0.363. The molecular weight excluding hydrogens is 410 g/mol. The van der Waals surface area contributed by atoms with E-state index in [0.29, 0.717) is 0 Å². The van der Waals surface area contributed by atoms with E-state index in [-0.39, 0.29) is 0 Å². The van der Waals surface area contributed by atoms with Crippen molar-refractivity contribution < 1.29 is 9.47 Å². The number of aryl methyl sites for hydroxylation is 2. The summed E-state index contributed by atoms with van der Waals surface area (Å²) >= 11 is 1.76. The summed E-state index contributed by atoms with van der Waals surface area (Å²) in [5.41, 5.74) is 2.29. The van der Waals surface area contributed by atoms with E-state index >= 15 is 0 Å². The van der Waals surface area contributed by atoms with E-state index in [0.717, 1.165) is 87.2 Å². The molecule has 0 spiro atoms. The molecule has 8 heteroatoms. The summed E-state index contributed by atoms with van der Waals surface area (Å²) in [7, 11) is 5.29. The van der Waals surface area contributed by atoms with Crippen LogP contribution in [0.5, 0.6) is 11.5 Å². The number of piperazine rings is 1. The van der Waals surface area contributed by atoms with Gasteiger partial charge in [0.25, 0.3) is 0 Å². The van der Waals surface area contributed by atoms with Gasteiger partial charge in [0.05, 0.1) is 19.2 Å². The maximum absolute atomic E-state index is 5.53. The van der Waals surface area contributed by atoms with Crippen LogP contribution in [0.4, 0.5) is 0 Å². The number of hydrogen-bond donors (Lipinski definition) is 1. The SMILES string of the molecule is CN=C(NCCCCc1nc(C)cs1)N1CCN(Cc2cc(OC)ccc2OC)CC1. The molecule has 0 atom stereocenters. The maximum Gasteiger partial charge on any atom is 0.193 e. The van der Waals surface area contributed by atoms with Gasteiger partial charge >= 0.3 is 0 Å². The van der Waals surface area contributed by atoms with Crippen LogP contribution in [0.2, 0.25) is 0 Å². The molecule has 1 N–H and O–H groups in total. The monoisotopic (exact) mass is 445 g/mol. The standard InChI is InChI=1S/C23H35N5O2S/c1-18-17-31-22(26-18)7-5-6-10-25-23(24-2)28-13-11-27(12-14-28)16-19-15-20(29-3)8-9-21(19)30-4/h8-9,15,17H,5-7,10-14,16H2,1-4H3,(H,24,25). The molecule has 0 saturated carbocycles. The molecule has 31 heavy (non-hydrogen) atoms. The highest BCUT2D eigenvalue weighted by atomic mass is 32.1. The average Bonchev–Trinajstić information content (AvgIpc) is 3.22. The predicted molar refractivity (Wildman–Crippen MR) is 128 cm³/mol. The Kier molecular flexibility index (Phi) is 8.97. The van der Waals surface area contributed by atoms with E-state index in [2.05, 4.69) is 43.5 Å². The first-order valence-electron chi connectivity index (χ1n) is 10.9. The summed E-state index contributed by atoms with van der Waals surface area (Å²) in [6.07, 6.45) is 3.32. The first-order valence-corrected chi connectivity index (χ1v) is 11.8. The zero-order chi connectivity index (χ0) is 22.1. The van der Waals surface area contributed by atoms with Crippen LogP contribution >= 0.6 is 11.3 Å². The third-order valence-corrected chi connectivity index (χ3v) is 6.56. The molecule has 7 nitrogen and oxygen atoms in total. The van der Waals surface area contributed by atoms with Crippen LogP contribution in [0.15, 0.2) is 28.6 Å². The molecule has 1 fully saturated rings. The molecule has 3 rings (SSSR count). The summed E-state index contributed by atoms with van der Waals surface area (Å²) in [4.78, 5) is 13.8. The van der Waals surface area contributed by atoms with Gasteiger partial charge in [-0.25, -0.2) is 4.98 Å². The second-order valence-electron chi connectivity index (χ2n) is 7.75. The zero-order valence-corrected chi connectivity index (χ0v) is 20.0. The van der Waals surface area contributed by atoms with Gasteiger partial charge in [-0.1, -0.05) is 0 Å². The van der Waals surface area contributed by atoms with Crippen molar-refractivity contribution in [2.24, 2.45) is 4.99 Å². The molecule has 0 amide bonds. The lowest BCUT2D eigenvalue weighted by atomic mass is 10.1. The largest absolute Gasteiger partial charge is 0.497 e. The highest BCUT2D eigenvalue weighted by Gasteiger charge is 2.20. The number of unbranched alkanes of at least 4 members (excludes halogenated alkanes) is 1. The van der Waals surface area contributed by atoms with Gasteiger partial charge in [-0.3, -0.25) is 9.89 Å². The van der Waals surface area contributed by atoms with Crippen molar-refractivity contribution in [1.29, 1.82) is 0 Å². The third-order valence-electron chi connectivity index (χ3n) is 5.53. The van der Waals surface area contributed by atoms with Crippen molar-refractivity contribution in [2.75, 3.05) is 54.0 Å². The van der Waals surface area contributed by atoms with Crippen LogP contribution in [0, 0.1) is 6.92 Å². The molecule has 1 aromatic carbocycles. The maximum atomic E-state index is 5.53. The summed E-state index contributed by atoms with van der Waals surface area (Å²) < 4.78 is 10.9. The second-order valence-corrected chi connectivity index (χ2v) is 8.70. The molecule has 1 aliphatic heterocycles. The van der Waals surface area contributed by atoms with Gasteiger partial charge in [0, 0.05) is 63.0 Å². The van der Waals surface area contributed by atoms with Crippen LogP contribution in [-0.2, 0) is 13.0 Å². The van der Waals surface area contributed by atoms with Gasteiger partial charge in [-0.15, -0.1) is 11.3 Å². The van der Waals surface area contributed by atoms with Gasteiger partial charge in [0.15, 0.2) is 5.96 Å². The lowest BCUT2D eigenvalue weighted by molar-refractivity contribution is 0.171. The minimum Gasteiger partial charge on any atom is -0.497 e. The van der Waals surface area contributed by atoms with Crippen LogP contribution in [-0.4, -0.2) is 74.7 Å². The first-order chi connectivity index (χ1) is 15.1. The molecule has 1 saturated heterocycles. The number of thiazole rings is 1. The van der Waals surface area contributed by atoms with E-state index in [1.165, 1.54) is 5.01 Å². The molecule has 1 aromatic heterocycles. The number of nitrogens with zero attached hydrogens (tertiary/aromatic N) is 4. The third kappa shape index (κ3) is 6.83. The normalized spacial score (nSPS) is 15.2. The fraction of sp³-hybridized carbons (Fsp3) is 0.565. The van der Waals surface area contributed by atoms with Gasteiger partial charge in [-0.05, 0) is 44.4 Å². The molecule has 0 bridgehead atoms. The highest BCUT2D eigenvalue weighted by molar-refractivity contribution is 7.09. The Bertz CT molecular complexity index is 846. The fourth-order valence-corrected chi connectivity index (χ4v) is 4.63. The Morgan fingerprint density at radius 2 is 1.97 bits per heavy atom. The van der Waals surface area contributed by atoms with Crippen LogP contribution < -0.4 is 14.8 Å². The summed E-state index contributed by atoms with van der Waals surface area (Å²) in [6, 6.07) is 5.98. The molecule has 170 valence electrons. The van der Waals surface area contributed by atoms with E-state index < -0.39 is 0 Å². The van der Waals surface area contributed by atoms with E-state index in [9.17, 15) is 0 Å². The summed E-state index contributed by atoms with van der Waals surface area (Å²) in [5.74, 6) is 2.78. The lowest BCUT2D eigenvalue weighted by Gasteiger charge is -2.36. The Balaban J connectivity index is 1.40. The fourth-order valence-electron chi connectivity index (χ4n) is 3.82. The second kappa shape index (κ2) is 11.9. The minimum atomic E-state index is 0.858. The Hall–Kier alpha value is -2.32. The molecule has 0 aliphatic carbocycles. The molecular formula is C23H35N5O2S. The number of benzene rings is 1. The van der Waals surface area contributed by atoms with Crippen molar-refractivity contribution in [3.05, 3.63) is 39.8 Å². The Labute approximate surface area is 190 Å². The first kappa shape index (κ1) is 23.3. The number of rotatable bonds is 9. The molecule has 1 aliphatic rings. The number of nitrogens with one attached hydrogen (secondary N) is 1. The van der Waals surface area contributed by atoms with Crippen LogP contribution in [0.1, 0.15) is 29.1 Å². The summed E-state index contributed by atoms with van der Waals surface area (Å²) in [6.45, 7) is 7.76. The van der Waals surface area contributed by atoms with E-state index in [4.69, 9.17) is 9.47 Å². The van der Waals surface area contributed by atoms with Crippen molar-refractivity contribution in [3.8, 4) is 11.5 Å². The summed E-state index contributed by atoms with van der Waals surface area (Å²) in [5, 5.41) is 6.90. The average molecular weight is 446 g/mol. The molecule has 0 unspecified atom stereocenters. The number of aliphatic imine (C=N–C) groups is 1. The van der Waals surface area contributed by atoms with Crippen molar-refractivity contribution in [2.45, 2.75) is 32.7 Å². The van der Waals surface area contributed by atoms with Gasteiger partial charge in [0.2, 0.25) is 0 Å².